The van der Waals surface area contributed by atoms with Crippen LogP contribution in [0.2, 0.25) is 0 Å². The van der Waals surface area contributed by atoms with Crippen molar-refractivity contribution >= 4 is 11.0 Å². The van der Waals surface area contributed by atoms with Crippen LogP contribution in [0.1, 0.15) is 105 Å². The van der Waals surface area contributed by atoms with Gasteiger partial charge in [0.05, 0.1) is 22.3 Å². The first kappa shape index (κ1) is 52.7. The van der Waals surface area contributed by atoms with Crippen molar-refractivity contribution in [3.8, 4) is 89.7 Å². The first-order chi connectivity index (χ1) is 35.1. The number of fused-ring (bicyclic) bond motifs is 1. The Balaban J connectivity index is 0.00000689. The zero-order valence-electron chi connectivity index (χ0n) is 45.5. The van der Waals surface area contributed by atoms with Crippen LogP contribution in [0.5, 0.6) is 5.75 Å². The fraction of sp³-hybridized carbons (Fsp3) is 0.229. The molecule has 380 valence electrons. The van der Waals surface area contributed by atoms with Crippen molar-refractivity contribution in [2.45, 2.75) is 105 Å². The molecule has 75 heavy (non-hydrogen) atoms. The van der Waals surface area contributed by atoms with Gasteiger partial charge in [-0.25, -0.2) is 4.98 Å². The molecular weight excluding hydrogens is 1090 g/mol. The van der Waals surface area contributed by atoms with E-state index in [4.69, 9.17) is 9.97 Å². The van der Waals surface area contributed by atoms with Crippen molar-refractivity contribution in [1.29, 1.82) is 0 Å². The number of pyridine rings is 1. The predicted molar refractivity (Wildman–Crippen MR) is 312 cm³/mol. The minimum Gasteiger partial charge on any atom is -0.507 e. The van der Waals surface area contributed by atoms with E-state index in [1.54, 1.807) is 0 Å². The summed E-state index contributed by atoms with van der Waals surface area (Å²) in [6, 6.07) is 69.1. The summed E-state index contributed by atoms with van der Waals surface area (Å²) in [7, 11) is 0. The summed E-state index contributed by atoms with van der Waals surface area (Å²) >= 11 is 0. The Labute approximate surface area is 459 Å². The van der Waals surface area contributed by atoms with Gasteiger partial charge < -0.3 is 5.11 Å². The van der Waals surface area contributed by atoms with E-state index < -0.39 is 0 Å². The molecule has 0 unspecified atom stereocenters. The molecule has 0 saturated carbocycles. The molecule has 0 spiro atoms. The molecule has 0 atom stereocenters. The third-order valence-electron chi connectivity index (χ3n) is 14.5. The molecule has 0 radical (unpaired) electrons. The van der Waals surface area contributed by atoms with E-state index in [2.05, 4.69) is 270 Å². The van der Waals surface area contributed by atoms with E-state index in [1.807, 2.05) is 12.3 Å². The summed E-state index contributed by atoms with van der Waals surface area (Å²) in [6.07, 6.45) is 1.90. The molecule has 1 N–H and O–H groups in total. The third kappa shape index (κ3) is 10.7. The maximum Gasteiger partial charge on any atom is 0.148 e. The maximum atomic E-state index is 12.7. The van der Waals surface area contributed by atoms with Crippen molar-refractivity contribution in [1.82, 2.24) is 14.5 Å². The number of phenolic OH excluding ortho intramolecular Hbond substituents is 1. The standard InChI is InChI=1S/C70H68N3O.Pt/c1-67(2,3)54-32-30-49(31-33-54)58-42-55(68(4,5)6)34-35-62(58)73-63-25-19-24-57(64(63)72-66(73)59-43-56(69(7,8)9)44-60(65(59)74)70(10,11)12)52-38-51(46-22-17-14-18-23-46)39-53(40-52)61-41-50(36-37-71-61)48-28-26-47(27-29-48)45-20-15-13-16-21-45;/h13-39,41-44,74H,1-12H3;/q-1;. The van der Waals surface area contributed by atoms with Gasteiger partial charge in [-0.3, -0.25) is 9.55 Å². The first-order valence-corrected chi connectivity index (χ1v) is 26.0. The monoisotopic (exact) mass is 1160 g/mol. The second-order valence-corrected chi connectivity index (χ2v) is 24.1. The average molecular weight is 1160 g/mol. The summed E-state index contributed by atoms with van der Waals surface area (Å²) in [6.45, 7) is 26.8. The molecule has 2 aromatic heterocycles. The number of benzene rings is 8. The Bertz CT molecular complexity index is 3670. The molecule has 4 nitrogen and oxygen atoms in total. The van der Waals surface area contributed by atoms with Crippen molar-refractivity contribution in [2.75, 3.05) is 0 Å². The molecule has 10 rings (SSSR count). The molecule has 5 heteroatoms. The fourth-order valence-corrected chi connectivity index (χ4v) is 10.0. The van der Waals surface area contributed by atoms with Gasteiger partial charge in [0, 0.05) is 44.1 Å². The largest absolute Gasteiger partial charge is 0.507 e. The van der Waals surface area contributed by atoms with Crippen LogP contribution in [0, 0.1) is 6.07 Å². The van der Waals surface area contributed by atoms with Crippen molar-refractivity contribution in [3.63, 3.8) is 0 Å². The van der Waals surface area contributed by atoms with Gasteiger partial charge in [0.25, 0.3) is 0 Å². The maximum absolute atomic E-state index is 12.7. The van der Waals surface area contributed by atoms with Crippen LogP contribution >= 0.6 is 0 Å². The number of nitrogens with zero attached hydrogens (tertiary/aromatic N) is 3. The molecule has 0 aliphatic carbocycles. The van der Waals surface area contributed by atoms with Crippen LogP contribution in [0.25, 0.3) is 95.0 Å². The minimum absolute atomic E-state index is 0. The first-order valence-electron chi connectivity index (χ1n) is 26.0. The van der Waals surface area contributed by atoms with Crippen molar-refractivity contribution < 1.29 is 26.2 Å². The topological polar surface area (TPSA) is 50.9 Å². The summed E-state index contributed by atoms with van der Waals surface area (Å²) in [5.41, 5.74) is 19.7. The number of hydrogen-bond acceptors (Lipinski definition) is 3. The van der Waals surface area contributed by atoms with Crippen molar-refractivity contribution in [2.24, 2.45) is 0 Å². The Morgan fingerprint density at radius 2 is 0.947 bits per heavy atom. The van der Waals surface area contributed by atoms with Gasteiger partial charge in [-0.1, -0.05) is 239 Å². The molecule has 10 aromatic rings. The van der Waals surface area contributed by atoms with E-state index in [-0.39, 0.29) is 48.5 Å². The third-order valence-corrected chi connectivity index (χ3v) is 14.5. The van der Waals surface area contributed by atoms with Gasteiger partial charge in [-0.15, -0.1) is 23.8 Å². The number of phenols is 1. The van der Waals surface area contributed by atoms with Crippen LogP contribution in [-0.4, -0.2) is 19.6 Å². The summed E-state index contributed by atoms with van der Waals surface area (Å²) in [4.78, 5) is 10.7. The van der Waals surface area contributed by atoms with E-state index in [0.29, 0.717) is 11.4 Å². The van der Waals surface area contributed by atoms with Gasteiger partial charge in [0.15, 0.2) is 0 Å². The van der Waals surface area contributed by atoms with E-state index in [9.17, 15) is 5.11 Å². The molecule has 0 amide bonds. The van der Waals surface area contributed by atoms with Crippen LogP contribution in [0.3, 0.4) is 0 Å². The molecular formula is C70H68N3OPt-. The summed E-state index contributed by atoms with van der Waals surface area (Å²) in [5, 5.41) is 12.7. The number of rotatable bonds is 8. The van der Waals surface area contributed by atoms with Crippen molar-refractivity contribution in [3.05, 3.63) is 217 Å². The van der Waals surface area contributed by atoms with E-state index in [1.165, 1.54) is 22.3 Å². The normalized spacial score (nSPS) is 12.2. The van der Waals surface area contributed by atoms with Gasteiger partial charge in [-0.05, 0) is 102 Å². The zero-order chi connectivity index (χ0) is 52.3. The van der Waals surface area contributed by atoms with Crippen LogP contribution < -0.4 is 0 Å². The van der Waals surface area contributed by atoms with Crippen LogP contribution in [0.15, 0.2) is 188 Å². The Morgan fingerprint density at radius 1 is 0.413 bits per heavy atom. The fourth-order valence-electron chi connectivity index (χ4n) is 10.0. The SMILES string of the molecule is CC(C)(C)c1ccc(-c2cc(C(C)(C)C)ccc2-n2c(-c3cc(C(C)(C)C)cc(C(C)(C)C)c3O)nc3c(-c4[c-]c(-c5cc(-c6ccc(-c7ccccc7)cc6)ccn5)cc(-c5ccccc5)c4)cccc32)cc1.[Pt]. The quantitative estimate of drug-likeness (QED) is 0.154. The summed E-state index contributed by atoms with van der Waals surface area (Å²) in [5.74, 6) is 0.913. The van der Waals surface area contributed by atoms with E-state index >= 15 is 0 Å². The Hall–Kier alpha value is -7.13. The van der Waals surface area contributed by atoms with Gasteiger partial charge in [-0.2, -0.15) is 0 Å². The Kier molecular flexibility index (Phi) is 14.2. The zero-order valence-corrected chi connectivity index (χ0v) is 47.8. The molecule has 8 aromatic carbocycles. The Morgan fingerprint density at radius 3 is 1.55 bits per heavy atom. The van der Waals surface area contributed by atoms with E-state index in [0.717, 1.165) is 83.6 Å². The molecule has 2 heterocycles. The van der Waals surface area contributed by atoms with Crippen LogP contribution in [-0.2, 0) is 42.7 Å². The number of hydrogen-bond donors (Lipinski definition) is 1. The van der Waals surface area contributed by atoms with Gasteiger partial charge in [0.2, 0.25) is 0 Å². The number of para-hydroxylation sites is 1. The summed E-state index contributed by atoms with van der Waals surface area (Å²) < 4.78 is 2.29. The van der Waals surface area contributed by atoms with Gasteiger partial charge in [0.1, 0.15) is 11.6 Å². The predicted octanol–water partition coefficient (Wildman–Crippen LogP) is 18.8. The number of aromatic hydroxyl groups is 1. The number of aromatic nitrogens is 3. The molecule has 0 saturated heterocycles. The second kappa shape index (κ2) is 20.2. The molecule has 0 fully saturated rings. The molecule has 0 aliphatic rings. The van der Waals surface area contributed by atoms with Gasteiger partial charge >= 0.3 is 0 Å². The molecule has 0 aliphatic heterocycles. The average Bonchev–Trinajstić information content (AvgIpc) is 3.77. The number of imidazole rings is 1. The second-order valence-electron chi connectivity index (χ2n) is 24.1. The molecule has 0 bridgehead atoms. The van der Waals surface area contributed by atoms with Crippen LogP contribution in [0.4, 0.5) is 0 Å². The minimum atomic E-state index is -0.351. The smallest absolute Gasteiger partial charge is 0.148 e.